The van der Waals surface area contributed by atoms with Gasteiger partial charge in [-0.1, -0.05) is 53.0 Å². The number of aliphatic hydroxyl groups excluding tert-OH is 13. The fourth-order valence-electron chi connectivity index (χ4n) is 1.84. The summed E-state index contributed by atoms with van der Waals surface area (Å²) in [6.07, 6.45) is 6.43. The minimum absolute atomic E-state index is 0.141. The minimum atomic E-state index is -1.16. The number of ether oxygens (including phenoxy) is 1. The first kappa shape index (κ1) is 87.0. The Morgan fingerprint density at radius 2 is 0.414 bits per heavy atom. The smallest absolute Gasteiger partial charge is 0.327 e. The Morgan fingerprint density at radius 1 is 0.300 bits per heavy atom. The van der Waals surface area contributed by atoms with E-state index in [4.69, 9.17) is 107 Å². The number of hydrogen-bond donors (Lipinski definition) is 20. The maximum Gasteiger partial charge on any atom is 0.327 e. The lowest BCUT2D eigenvalue weighted by atomic mass is 9.88. The van der Waals surface area contributed by atoms with Gasteiger partial charge in [-0.15, -0.1) is 0 Å². The number of carbonyl (C=O) groups is 7. The zero-order valence-electron chi connectivity index (χ0n) is 39.0. The van der Waals surface area contributed by atoms with Crippen molar-refractivity contribution in [2.75, 3.05) is 99.1 Å². The first-order valence-electron chi connectivity index (χ1n) is 18.9. The summed E-state index contributed by atoms with van der Waals surface area (Å²) >= 11 is 0. The molecule has 0 aromatic rings. The van der Waals surface area contributed by atoms with Crippen molar-refractivity contribution in [2.45, 2.75) is 13.3 Å². The molecule has 0 fully saturated rings. The fourth-order valence-corrected chi connectivity index (χ4v) is 1.84. The van der Waals surface area contributed by atoms with Crippen molar-refractivity contribution in [1.29, 1.82) is 0 Å². The summed E-state index contributed by atoms with van der Waals surface area (Å²) in [7, 11) is 0. The van der Waals surface area contributed by atoms with Crippen LogP contribution in [0.5, 0.6) is 0 Å². The molecule has 0 saturated heterocycles. The Hall–Kier alpha value is -6.09. The van der Waals surface area contributed by atoms with E-state index in [1.54, 1.807) is 0 Å². The lowest BCUT2D eigenvalue weighted by Crippen LogP contribution is -2.43. The van der Waals surface area contributed by atoms with Gasteiger partial charge in [-0.25, -0.2) is 33.6 Å². The second-order valence-electron chi connectivity index (χ2n) is 12.7. The minimum Gasteiger partial charge on any atom is -0.478 e. The lowest BCUT2D eigenvalue weighted by Gasteiger charge is -2.31. The molecule has 70 heavy (non-hydrogen) atoms. The molecule has 20 N–H and O–H groups in total. The quantitative estimate of drug-likeness (QED) is 0.0388. The maximum atomic E-state index is 9.25. The van der Waals surface area contributed by atoms with Crippen molar-refractivity contribution in [1.82, 2.24) is 0 Å². The van der Waals surface area contributed by atoms with Gasteiger partial charge in [0.1, 0.15) is 0 Å². The molecule has 0 saturated carbocycles. The molecule has 0 radical (unpaired) electrons. The molecule has 0 aromatic carbocycles. The molecule has 0 aromatic heterocycles. The van der Waals surface area contributed by atoms with Crippen LogP contribution in [0.25, 0.3) is 0 Å². The average molecular weight is 1030 g/mol. The van der Waals surface area contributed by atoms with E-state index in [9.17, 15) is 33.6 Å². The summed E-state index contributed by atoms with van der Waals surface area (Å²) in [5, 5.41) is 167. The number of carboxylic acids is 7. The van der Waals surface area contributed by atoms with Gasteiger partial charge in [0.2, 0.25) is 0 Å². The van der Waals surface area contributed by atoms with Crippen LogP contribution in [-0.4, -0.2) is 243 Å². The maximum absolute atomic E-state index is 9.25. The molecule has 0 heterocycles. The van der Waals surface area contributed by atoms with Gasteiger partial charge in [-0.2, -0.15) is 0 Å². The molecule has 0 unspecified atom stereocenters. The number of carboxylic acid groups (broad SMARTS) is 7. The number of hydrogen-bond acceptors (Lipinski definition) is 21. The van der Waals surface area contributed by atoms with Gasteiger partial charge < -0.3 is 107 Å². The van der Waals surface area contributed by atoms with Crippen LogP contribution in [0.3, 0.4) is 0 Å². The van der Waals surface area contributed by atoms with Gasteiger partial charge in [0.15, 0.2) is 0 Å². The predicted molar refractivity (Wildman–Crippen MR) is 248 cm³/mol. The van der Waals surface area contributed by atoms with Crippen molar-refractivity contribution < 1.29 is 140 Å². The Kier molecular flexibility index (Phi) is 75.7. The van der Waals surface area contributed by atoms with E-state index in [1.165, 1.54) is 0 Å². The Bertz CT molecular complexity index is 1130. The molecule has 0 aliphatic rings. The molecular weight excluding hydrogens is 952 g/mol. The Labute approximate surface area is 404 Å². The summed E-state index contributed by atoms with van der Waals surface area (Å²) in [5.74, 6) is -6.87. The van der Waals surface area contributed by atoms with E-state index < -0.39 is 130 Å². The monoisotopic (exact) mass is 1030 g/mol. The molecule has 28 nitrogen and oxygen atoms in total. The molecule has 0 spiro atoms. The van der Waals surface area contributed by atoms with E-state index >= 15 is 0 Å². The average Bonchev–Trinajstić information content (AvgIpc) is 3.37. The molecule has 412 valence electrons. The first-order chi connectivity index (χ1) is 32.4. The Morgan fingerprint density at radius 3 is 0.457 bits per heavy atom. The molecular formula is C42H76O28. The molecule has 0 amide bonds. The second-order valence-corrected chi connectivity index (χ2v) is 12.7. The van der Waals surface area contributed by atoms with Crippen LogP contribution in [-0.2, 0) is 38.3 Å². The highest BCUT2D eigenvalue weighted by Crippen LogP contribution is 2.20. The predicted octanol–water partition coefficient (Wildman–Crippen LogP) is -3.97. The highest BCUT2D eigenvalue weighted by Gasteiger charge is 2.33. The molecule has 28 heteroatoms. The largest absolute Gasteiger partial charge is 0.478 e. The summed E-state index contributed by atoms with van der Waals surface area (Å²) in [5.41, 5.74) is -4.10. The highest BCUT2D eigenvalue weighted by molar-refractivity contribution is 5.80. The summed E-state index contributed by atoms with van der Waals surface area (Å²) in [6, 6.07) is 0. The van der Waals surface area contributed by atoms with Crippen LogP contribution in [0.15, 0.2) is 88.6 Å². The van der Waals surface area contributed by atoms with E-state index in [-0.39, 0.29) is 33.0 Å². The molecule has 0 atom stereocenters. The van der Waals surface area contributed by atoms with Crippen LogP contribution in [0, 0.1) is 21.7 Å². The van der Waals surface area contributed by atoms with Gasteiger partial charge in [0.25, 0.3) is 0 Å². The van der Waals surface area contributed by atoms with Crippen LogP contribution in [0.2, 0.25) is 0 Å². The van der Waals surface area contributed by atoms with Gasteiger partial charge >= 0.3 is 41.8 Å². The second kappa shape index (κ2) is 60.9. The van der Waals surface area contributed by atoms with Crippen LogP contribution >= 0.6 is 0 Å². The molecule has 0 aliphatic heterocycles. The van der Waals surface area contributed by atoms with E-state index in [0.717, 1.165) is 42.5 Å². The van der Waals surface area contributed by atoms with Crippen molar-refractivity contribution >= 4 is 41.8 Å². The Balaban J connectivity index is -0.0000000746. The molecule has 0 rings (SSSR count). The molecule has 0 bridgehead atoms. The van der Waals surface area contributed by atoms with Crippen molar-refractivity contribution in [3.8, 4) is 0 Å². The SMILES string of the molecule is C=CC(=O)O.C=CC(=O)O.C=CC(=O)O.C=CC(=O)O.C=CC(=O)O.C=CC(=O)O.C=CC(=O)O.CCC(CO)(CO)CO.OCC(CO)(CO)CO.OCC(CO)(CO)COCC(CO)(CO)CO. The van der Waals surface area contributed by atoms with E-state index in [0.29, 0.717) is 6.42 Å². The zero-order chi connectivity index (χ0) is 58.0. The summed E-state index contributed by atoms with van der Waals surface area (Å²) in [6.45, 7) is 17.4. The summed E-state index contributed by atoms with van der Waals surface area (Å²) in [4.78, 5) is 64.8. The first-order valence-corrected chi connectivity index (χ1v) is 18.9. The number of rotatable bonds is 25. The molecule has 0 aliphatic carbocycles. The third-order valence-corrected chi connectivity index (χ3v) is 7.15. The van der Waals surface area contributed by atoms with Gasteiger partial charge in [-0.05, 0) is 6.42 Å². The summed E-state index contributed by atoms with van der Waals surface area (Å²) < 4.78 is 5.15. The lowest BCUT2D eigenvalue weighted by molar-refractivity contribution is -0.132. The van der Waals surface area contributed by atoms with Gasteiger partial charge in [0.05, 0.1) is 115 Å². The standard InChI is InChI=1S/C10H22O7.C6H14O3.C5H12O4.7C3H4O2/c11-1-9(2-12,3-13)7-17-8-10(4-14,5-15)6-16;1-2-6(3-7,4-8)5-9;6-1-5(2-7,3-8)4-9;7*1-2-3(4)5/h11-16H,1-8H2;7-9H,2-5H2,1H3;6-9H,1-4H2;7*2H,1H2,(H,4,5). The van der Waals surface area contributed by atoms with E-state index in [1.807, 2.05) is 6.92 Å². The van der Waals surface area contributed by atoms with Crippen LogP contribution in [0.1, 0.15) is 13.3 Å². The van der Waals surface area contributed by atoms with Gasteiger partial charge in [0, 0.05) is 47.9 Å². The van der Waals surface area contributed by atoms with Crippen LogP contribution in [0.4, 0.5) is 0 Å². The topological polar surface area (TPSA) is 533 Å². The third-order valence-electron chi connectivity index (χ3n) is 7.15. The van der Waals surface area contributed by atoms with Crippen molar-refractivity contribution in [2.24, 2.45) is 21.7 Å². The van der Waals surface area contributed by atoms with Crippen molar-refractivity contribution in [3.63, 3.8) is 0 Å². The number of aliphatic carboxylic acids is 7. The zero-order valence-corrected chi connectivity index (χ0v) is 39.0. The van der Waals surface area contributed by atoms with Gasteiger partial charge in [-0.3, -0.25) is 0 Å². The third kappa shape index (κ3) is 68.5. The number of aliphatic hydroxyl groups is 13. The van der Waals surface area contributed by atoms with Crippen LogP contribution < -0.4 is 0 Å². The van der Waals surface area contributed by atoms with E-state index in [2.05, 4.69) is 46.1 Å². The van der Waals surface area contributed by atoms with Crippen molar-refractivity contribution in [3.05, 3.63) is 88.6 Å². The highest BCUT2D eigenvalue weighted by atomic mass is 16.5. The normalized spacial score (nSPS) is 9.46. The fraction of sp³-hybridized carbons (Fsp3) is 0.500.